The van der Waals surface area contributed by atoms with Gasteiger partial charge in [-0.05, 0) is 18.2 Å². The Morgan fingerprint density at radius 3 is 2.95 bits per heavy atom. The molecule has 0 bridgehead atoms. The largest absolute Gasteiger partial charge is 0.380 e. The Hall–Kier alpha value is -1.30. The van der Waals surface area contributed by atoms with Crippen LogP contribution in [-0.2, 0) is 6.54 Å². The molecule has 4 nitrogen and oxygen atoms in total. The highest BCUT2D eigenvalue weighted by Gasteiger charge is 2.10. The number of piperazine rings is 1. The summed E-state index contributed by atoms with van der Waals surface area (Å²) in [5, 5.41) is 6.80. The fourth-order valence-electron chi connectivity index (χ4n) is 2.29. The van der Waals surface area contributed by atoms with E-state index in [0.29, 0.717) is 4.47 Å². The van der Waals surface area contributed by atoms with Gasteiger partial charge in [0.15, 0.2) is 4.47 Å². The number of thiazole rings is 1. The second-order valence-electron chi connectivity index (χ2n) is 4.72. The van der Waals surface area contributed by atoms with E-state index in [9.17, 15) is 0 Å². The maximum absolute atomic E-state index is 5.84. The summed E-state index contributed by atoms with van der Waals surface area (Å²) in [6.07, 6.45) is 1.82. The number of rotatable bonds is 4. The molecule has 0 aliphatic carbocycles. The van der Waals surface area contributed by atoms with Crippen molar-refractivity contribution in [1.29, 1.82) is 0 Å². The smallest absolute Gasteiger partial charge is 0.183 e. The van der Waals surface area contributed by atoms with E-state index in [1.165, 1.54) is 17.0 Å². The lowest BCUT2D eigenvalue weighted by atomic mass is 10.2. The molecule has 20 heavy (non-hydrogen) atoms. The van der Waals surface area contributed by atoms with E-state index in [2.05, 4.69) is 44.8 Å². The molecule has 2 heterocycles. The van der Waals surface area contributed by atoms with Gasteiger partial charge in [0.1, 0.15) is 0 Å². The van der Waals surface area contributed by atoms with E-state index in [4.69, 9.17) is 11.6 Å². The number of anilines is 2. The zero-order valence-electron chi connectivity index (χ0n) is 11.1. The van der Waals surface area contributed by atoms with Gasteiger partial charge >= 0.3 is 0 Å². The minimum absolute atomic E-state index is 0.594. The third-order valence-corrected chi connectivity index (χ3v) is 4.44. The topological polar surface area (TPSA) is 40.2 Å². The Labute approximate surface area is 127 Å². The van der Waals surface area contributed by atoms with Crippen molar-refractivity contribution in [3.05, 3.63) is 39.8 Å². The van der Waals surface area contributed by atoms with Crippen molar-refractivity contribution in [2.75, 3.05) is 36.4 Å². The number of nitrogens with zero attached hydrogens (tertiary/aromatic N) is 2. The van der Waals surface area contributed by atoms with Crippen molar-refractivity contribution >= 4 is 34.3 Å². The van der Waals surface area contributed by atoms with E-state index in [0.717, 1.165) is 43.3 Å². The molecular formula is C14H17ClN4S. The van der Waals surface area contributed by atoms with Crippen LogP contribution in [0, 0.1) is 0 Å². The predicted octanol–water partition coefficient (Wildman–Crippen LogP) is 2.82. The van der Waals surface area contributed by atoms with E-state index >= 15 is 0 Å². The van der Waals surface area contributed by atoms with Crippen molar-refractivity contribution in [2.45, 2.75) is 6.54 Å². The first-order valence-electron chi connectivity index (χ1n) is 6.71. The Morgan fingerprint density at radius 2 is 2.20 bits per heavy atom. The Bertz CT molecular complexity index is 566. The molecule has 6 heteroatoms. The monoisotopic (exact) mass is 308 g/mol. The maximum Gasteiger partial charge on any atom is 0.183 e. The van der Waals surface area contributed by atoms with Gasteiger partial charge in [-0.15, -0.1) is 11.3 Å². The molecule has 1 aromatic carbocycles. The number of hydrogen-bond acceptors (Lipinski definition) is 5. The van der Waals surface area contributed by atoms with Crippen LogP contribution in [-0.4, -0.2) is 31.2 Å². The summed E-state index contributed by atoms with van der Waals surface area (Å²) in [5.41, 5.74) is 2.41. The maximum atomic E-state index is 5.84. The first-order chi connectivity index (χ1) is 9.81. The van der Waals surface area contributed by atoms with Crippen LogP contribution < -0.4 is 15.5 Å². The molecular weight excluding hydrogens is 292 g/mol. The first kappa shape index (κ1) is 13.7. The summed E-state index contributed by atoms with van der Waals surface area (Å²) in [5.74, 6) is 0. The van der Waals surface area contributed by atoms with Gasteiger partial charge in [-0.25, -0.2) is 4.98 Å². The van der Waals surface area contributed by atoms with Gasteiger partial charge in [0, 0.05) is 48.6 Å². The highest BCUT2D eigenvalue weighted by Crippen LogP contribution is 2.22. The van der Waals surface area contributed by atoms with E-state index in [-0.39, 0.29) is 0 Å². The van der Waals surface area contributed by atoms with Gasteiger partial charge in [-0.1, -0.05) is 17.7 Å². The molecule has 0 saturated carbocycles. The number of benzene rings is 1. The normalized spacial score (nSPS) is 15.3. The molecule has 2 N–H and O–H groups in total. The summed E-state index contributed by atoms with van der Waals surface area (Å²) >= 11 is 7.35. The lowest BCUT2D eigenvalue weighted by Crippen LogP contribution is -2.43. The van der Waals surface area contributed by atoms with Crippen LogP contribution in [0.4, 0.5) is 11.4 Å². The average Bonchev–Trinajstić information content (AvgIpc) is 2.92. The molecule has 0 atom stereocenters. The molecule has 0 spiro atoms. The second-order valence-corrected chi connectivity index (χ2v) is 6.42. The third kappa shape index (κ3) is 3.42. The van der Waals surface area contributed by atoms with Gasteiger partial charge in [-0.2, -0.15) is 0 Å². The van der Waals surface area contributed by atoms with Crippen molar-refractivity contribution in [1.82, 2.24) is 10.3 Å². The lowest BCUT2D eigenvalue weighted by molar-refractivity contribution is 0.589. The van der Waals surface area contributed by atoms with Crippen LogP contribution in [0.2, 0.25) is 4.47 Å². The van der Waals surface area contributed by atoms with Crippen molar-refractivity contribution in [3.63, 3.8) is 0 Å². The molecule has 106 valence electrons. The van der Waals surface area contributed by atoms with Crippen molar-refractivity contribution < 1.29 is 0 Å². The van der Waals surface area contributed by atoms with Crippen LogP contribution >= 0.6 is 22.9 Å². The van der Waals surface area contributed by atoms with Crippen LogP contribution in [0.15, 0.2) is 30.5 Å². The highest BCUT2D eigenvalue weighted by atomic mass is 35.5. The highest BCUT2D eigenvalue weighted by molar-refractivity contribution is 7.15. The molecule has 1 fully saturated rings. The molecule has 1 aliphatic heterocycles. The standard InChI is InChI=1S/C14H17ClN4S/c15-14-18-10-13(20-14)9-17-11-2-1-3-12(8-11)19-6-4-16-5-7-19/h1-3,8,10,16-17H,4-7,9H2. The minimum atomic E-state index is 0.594. The molecule has 0 amide bonds. The fourth-order valence-corrected chi connectivity index (χ4v) is 3.21. The minimum Gasteiger partial charge on any atom is -0.380 e. The summed E-state index contributed by atoms with van der Waals surface area (Å²) in [6.45, 7) is 4.99. The summed E-state index contributed by atoms with van der Waals surface area (Å²) in [4.78, 5) is 7.60. The third-order valence-electron chi connectivity index (χ3n) is 3.32. The second kappa shape index (κ2) is 6.43. The quantitative estimate of drug-likeness (QED) is 0.911. The summed E-state index contributed by atoms with van der Waals surface area (Å²) in [7, 11) is 0. The van der Waals surface area contributed by atoms with E-state index < -0.39 is 0 Å². The SMILES string of the molecule is Clc1ncc(CNc2cccc(N3CCNCC3)c2)s1. The van der Waals surface area contributed by atoms with Crippen LogP contribution in [0.1, 0.15) is 4.88 Å². The van der Waals surface area contributed by atoms with Gasteiger partial charge < -0.3 is 15.5 Å². The van der Waals surface area contributed by atoms with Crippen LogP contribution in [0.25, 0.3) is 0 Å². The number of halogens is 1. The molecule has 3 rings (SSSR count). The Kier molecular flexibility index (Phi) is 4.40. The number of aromatic nitrogens is 1. The number of nitrogens with one attached hydrogen (secondary N) is 2. The Morgan fingerprint density at radius 1 is 1.35 bits per heavy atom. The van der Waals surface area contributed by atoms with E-state index in [1.54, 1.807) is 0 Å². The van der Waals surface area contributed by atoms with Crippen molar-refractivity contribution in [2.24, 2.45) is 0 Å². The lowest BCUT2D eigenvalue weighted by Gasteiger charge is -2.29. The van der Waals surface area contributed by atoms with Gasteiger partial charge in [0.2, 0.25) is 0 Å². The van der Waals surface area contributed by atoms with Gasteiger partial charge in [-0.3, -0.25) is 0 Å². The van der Waals surface area contributed by atoms with Gasteiger partial charge in [0.25, 0.3) is 0 Å². The van der Waals surface area contributed by atoms with E-state index in [1.807, 2.05) is 6.20 Å². The zero-order chi connectivity index (χ0) is 13.8. The molecule has 0 unspecified atom stereocenters. The van der Waals surface area contributed by atoms with Gasteiger partial charge in [0.05, 0.1) is 6.54 Å². The summed E-state index contributed by atoms with van der Waals surface area (Å²) < 4.78 is 0.594. The molecule has 2 aromatic rings. The van der Waals surface area contributed by atoms with Crippen LogP contribution in [0.3, 0.4) is 0 Å². The zero-order valence-corrected chi connectivity index (χ0v) is 12.7. The van der Waals surface area contributed by atoms with Crippen LogP contribution in [0.5, 0.6) is 0 Å². The predicted molar refractivity (Wildman–Crippen MR) is 86.0 cm³/mol. The molecule has 0 radical (unpaired) electrons. The average molecular weight is 309 g/mol. The Balaban J connectivity index is 1.64. The molecule has 1 aliphatic rings. The molecule has 1 aromatic heterocycles. The number of hydrogen-bond donors (Lipinski definition) is 2. The first-order valence-corrected chi connectivity index (χ1v) is 7.90. The van der Waals surface area contributed by atoms with Crippen molar-refractivity contribution in [3.8, 4) is 0 Å². The summed E-state index contributed by atoms with van der Waals surface area (Å²) in [6, 6.07) is 8.56. The fraction of sp³-hybridized carbons (Fsp3) is 0.357. The molecule has 1 saturated heterocycles.